The van der Waals surface area contributed by atoms with Crippen LogP contribution in [-0.4, -0.2) is 37.1 Å². The molecule has 1 heterocycles. The van der Waals surface area contributed by atoms with E-state index in [-0.39, 0.29) is 0 Å². The number of piperidine rings is 1. The van der Waals surface area contributed by atoms with Crippen LogP contribution in [0.5, 0.6) is 0 Å². The molecule has 0 aliphatic carbocycles. The van der Waals surface area contributed by atoms with E-state index in [4.69, 9.17) is 5.26 Å². The van der Waals surface area contributed by atoms with Gasteiger partial charge < -0.3 is 5.32 Å². The highest BCUT2D eigenvalue weighted by atomic mass is 15.2. The first kappa shape index (κ1) is 11.5. The molecule has 0 spiro atoms. The van der Waals surface area contributed by atoms with Crippen LogP contribution >= 0.6 is 0 Å². The minimum atomic E-state index is 0.415. The van der Waals surface area contributed by atoms with Crippen LogP contribution in [0.15, 0.2) is 0 Å². The minimum absolute atomic E-state index is 0.415. The van der Waals surface area contributed by atoms with E-state index in [1.807, 2.05) is 7.05 Å². The highest BCUT2D eigenvalue weighted by Crippen LogP contribution is 2.20. The van der Waals surface area contributed by atoms with E-state index in [0.717, 1.165) is 13.1 Å². The largest absolute Gasteiger partial charge is 0.318 e. The van der Waals surface area contributed by atoms with Gasteiger partial charge >= 0.3 is 0 Å². The molecule has 0 bridgehead atoms. The molecule has 1 saturated heterocycles. The molecule has 14 heavy (non-hydrogen) atoms. The summed E-state index contributed by atoms with van der Waals surface area (Å²) in [4.78, 5) is 2.49. The van der Waals surface area contributed by atoms with E-state index >= 15 is 0 Å². The molecular formula is C11H21N3. The summed E-state index contributed by atoms with van der Waals surface area (Å²) in [6.45, 7) is 4.38. The van der Waals surface area contributed by atoms with E-state index in [2.05, 4.69) is 23.2 Å². The van der Waals surface area contributed by atoms with Gasteiger partial charge in [0.05, 0.1) is 12.5 Å². The predicted octanol–water partition coefficient (Wildman–Crippen LogP) is 1.36. The molecule has 0 aromatic carbocycles. The molecule has 1 aliphatic rings. The van der Waals surface area contributed by atoms with Crippen LogP contribution in [0.3, 0.4) is 0 Å². The monoisotopic (exact) mass is 195 g/mol. The SMILES string of the molecule is CNCC1CCCCN1C(C)CC#N. The van der Waals surface area contributed by atoms with E-state index in [1.165, 1.54) is 19.3 Å². The average molecular weight is 195 g/mol. The number of nitrogens with one attached hydrogen (secondary N) is 1. The van der Waals surface area contributed by atoms with Gasteiger partial charge in [-0.3, -0.25) is 4.90 Å². The Morgan fingerprint density at radius 1 is 1.57 bits per heavy atom. The topological polar surface area (TPSA) is 39.1 Å². The molecule has 3 heteroatoms. The molecule has 0 aromatic heterocycles. The maximum atomic E-state index is 8.69. The lowest BCUT2D eigenvalue weighted by molar-refractivity contribution is 0.105. The van der Waals surface area contributed by atoms with Gasteiger partial charge in [0.25, 0.3) is 0 Å². The van der Waals surface area contributed by atoms with E-state index in [9.17, 15) is 0 Å². The van der Waals surface area contributed by atoms with Crippen LogP contribution < -0.4 is 5.32 Å². The minimum Gasteiger partial charge on any atom is -0.318 e. The normalized spacial score (nSPS) is 25.6. The van der Waals surface area contributed by atoms with Gasteiger partial charge in [-0.05, 0) is 33.4 Å². The highest BCUT2D eigenvalue weighted by molar-refractivity contribution is 4.86. The Morgan fingerprint density at radius 2 is 2.36 bits per heavy atom. The number of nitrogens with zero attached hydrogens (tertiary/aromatic N) is 2. The molecule has 2 unspecified atom stereocenters. The molecule has 0 radical (unpaired) electrons. The third-order valence-electron chi connectivity index (χ3n) is 3.07. The van der Waals surface area contributed by atoms with Crippen molar-refractivity contribution in [1.29, 1.82) is 5.26 Å². The molecule has 0 amide bonds. The third kappa shape index (κ3) is 2.97. The lowest BCUT2D eigenvalue weighted by atomic mass is 9.99. The zero-order valence-corrected chi connectivity index (χ0v) is 9.29. The Morgan fingerprint density at radius 3 is 3.00 bits per heavy atom. The van der Waals surface area contributed by atoms with Crippen molar-refractivity contribution >= 4 is 0 Å². The zero-order chi connectivity index (χ0) is 10.4. The van der Waals surface area contributed by atoms with Crippen LogP contribution in [-0.2, 0) is 0 Å². The fourth-order valence-corrected chi connectivity index (χ4v) is 2.31. The van der Waals surface area contributed by atoms with E-state index < -0.39 is 0 Å². The quantitative estimate of drug-likeness (QED) is 0.736. The second kappa shape index (κ2) is 6.00. The van der Waals surface area contributed by atoms with Crippen molar-refractivity contribution in [3.8, 4) is 6.07 Å². The maximum Gasteiger partial charge on any atom is 0.0638 e. The van der Waals surface area contributed by atoms with Gasteiger partial charge in [0.1, 0.15) is 0 Å². The Balaban J connectivity index is 2.49. The first-order chi connectivity index (χ1) is 6.79. The number of nitriles is 1. The smallest absolute Gasteiger partial charge is 0.0638 e. The summed E-state index contributed by atoms with van der Waals surface area (Å²) in [7, 11) is 2.00. The summed E-state index contributed by atoms with van der Waals surface area (Å²) in [5.41, 5.74) is 0. The molecule has 80 valence electrons. The first-order valence-corrected chi connectivity index (χ1v) is 5.57. The van der Waals surface area contributed by atoms with Gasteiger partial charge in [0.2, 0.25) is 0 Å². The average Bonchev–Trinajstić information content (AvgIpc) is 2.19. The van der Waals surface area contributed by atoms with Gasteiger partial charge in [-0.1, -0.05) is 6.42 Å². The Labute approximate surface area is 87.1 Å². The Bertz CT molecular complexity index is 195. The summed E-state index contributed by atoms with van der Waals surface area (Å²) in [6, 6.07) is 3.32. The lowest BCUT2D eigenvalue weighted by Crippen LogP contribution is -2.49. The number of hydrogen-bond acceptors (Lipinski definition) is 3. The molecule has 0 aromatic rings. The Kier molecular flexibility index (Phi) is 4.92. The molecule has 1 N–H and O–H groups in total. The van der Waals surface area contributed by atoms with Crippen LogP contribution in [0.25, 0.3) is 0 Å². The summed E-state index contributed by atoms with van der Waals surface area (Å²) in [6.07, 6.45) is 4.55. The number of likely N-dealkylation sites (N-methyl/N-ethyl adjacent to an activating group) is 1. The number of hydrogen-bond donors (Lipinski definition) is 1. The van der Waals surface area contributed by atoms with Crippen molar-refractivity contribution in [1.82, 2.24) is 10.2 Å². The molecule has 1 fully saturated rings. The Hall–Kier alpha value is -0.590. The van der Waals surface area contributed by atoms with Gasteiger partial charge in [-0.25, -0.2) is 0 Å². The number of likely N-dealkylation sites (tertiary alicyclic amines) is 1. The molecule has 1 aliphatic heterocycles. The molecule has 3 nitrogen and oxygen atoms in total. The maximum absolute atomic E-state index is 8.69. The summed E-state index contributed by atoms with van der Waals surface area (Å²) < 4.78 is 0. The van der Waals surface area contributed by atoms with Crippen molar-refractivity contribution in [2.24, 2.45) is 0 Å². The van der Waals surface area contributed by atoms with Crippen molar-refractivity contribution in [2.75, 3.05) is 20.1 Å². The fourth-order valence-electron chi connectivity index (χ4n) is 2.31. The summed E-state index contributed by atoms with van der Waals surface area (Å²) >= 11 is 0. The summed E-state index contributed by atoms with van der Waals surface area (Å²) in [5.74, 6) is 0. The van der Waals surface area contributed by atoms with Gasteiger partial charge in [0, 0.05) is 18.6 Å². The third-order valence-corrected chi connectivity index (χ3v) is 3.07. The number of rotatable bonds is 4. The van der Waals surface area contributed by atoms with Crippen molar-refractivity contribution < 1.29 is 0 Å². The second-order valence-electron chi connectivity index (χ2n) is 4.16. The fraction of sp³-hybridized carbons (Fsp3) is 0.909. The lowest BCUT2D eigenvalue weighted by Gasteiger charge is -2.39. The van der Waals surface area contributed by atoms with E-state index in [1.54, 1.807) is 0 Å². The van der Waals surface area contributed by atoms with Crippen LogP contribution in [0.1, 0.15) is 32.6 Å². The molecule has 2 atom stereocenters. The van der Waals surface area contributed by atoms with Gasteiger partial charge in [0.15, 0.2) is 0 Å². The van der Waals surface area contributed by atoms with Crippen molar-refractivity contribution in [3.05, 3.63) is 0 Å². The summed E-state index contributed by atoms with van der Waals surface area (Å²) in [5, 5.41) is 11.9. The van der Waals surface area contributed by atoms with Gasteiger partial charge in [-0.15, -0.1) is 0 Å². The van der Waals surface area contributed by atoms with Crippen LogP contribution in [0.2, 0.25) is 0 Å². The molecular weight excluding hydrogens is 174 g/mol. The molecule has 0 saturated carbocycles. The van der Waals surface area contributed by atoms with Crippen LogP contribution in [0.4, 0.5) is 0 Å². The van der Waals surface area contributed by atoms with Crippen LogP contribution in [0, 0.1) is 11.3 Å². The highest BCUT2D eigenvalue weighted by Gasteiger charge is 2.25. The first-order valence-electron chi connectivity index (χ1n) is 5.57. The zero-order valence-electron chi connectivity index (χ0n) is 9.29. The van der Waals surface area contributed by atoms with Crippen molar-refractivity contribution in [2.45, 2.75) is 44.7 Å². The predicted molar refractivity (Wildman–Crippen MR) is 58.0 cm³/mol. The van der Waals surface area contributed by atoms with E-state index in [0.29, 0.717) is 18.5 Å². The standard InChI is InChI=1S/C11H21N3/c1-10(6-7-12)14-8-4-3-5-11(14)9-13-2/h10-11,13H,3-6,8-9H2,1-2H3. The molecule has 1 rings (SSSR count). The van der Waals surface area contributed by atoms with Crippen molar-refractivity contribution in [3.63, 3.8) is 0 Å². The second-order valence-corrected chi connectivity index (χ2v) is 4.16. The van der Waals surface area contributed by atoms with Gasteiger partial charge in [-0.2, -0.15) is 5.26 Å².